The molecule has 1 aliphatic rings. The van der Waals surface area contributed by atoms with Crippen molar-refractivity contribution < 1.29 is 14.3 Å². The molecule has 6 heteroatoms. The maximum Gasteiger partial charge on any atom is 0.253 e. The molecule has 1 aromatic carbocycles. The minimum absolute atomic E-state index is 0.0585. The van der Waals surface area contributed by atoms with Crippen molar-refractivity contribution in [1.29, 1.82) is 0 Å². The highest BCUT2D eigenvalue weighted by molar-refractivity contribution is 6.02. The van der Waals surface area contributed by atoms with E-state index in [9.17, 15) is 9.59 Å². The van der Waals surface area contributed by atoms with E-state index in [4.69, 9.17) is 4.74 Å². The van der Waals surface area contributed by atoms with Gasteiger partial charge in [-0.15, -0.1) is 0 Å². The molecule has 0 bridgehead atoms. The van der Waals surface area contributed by atoms with Crippen molar-refractivity contribution in [2.45, 2.75) is 39.0 Å². The fraction of sp³-hybridized carbons (Fsp3) is 0.600. The molecule has 0 saturated heterocycles. The fourth-order valence-corrected chi connectivity index (χ4v) is 3.23. The Morgan fingerprint density at radius 1 is 1.23 bits per heavy atom. The topological polar surface area (TPSA) is 70.7 Å². The molecule has 0 heterocycles. The molecule has 2 rings (SSSR count). The van der Waals surface area contributed by atoms with Gasteiger partial charge in [-0.05, 0) is 44.4 Å². The predicted octanol–water partition coefficient (Wildman–Crippen LogP) is 3.04. The molecule has 2 amide bonds. The van der Waals surface area contributed by atoms with Gasteiger partial charge in [0, 0.05) is 51.1 Å². The van der Waals surface area contributed by atoms with Gasteiger partial charge in [-0.3, -0.25) is 9.59 Å². The van der Waals surface area contributed by atoms with Crippen LogP contribution in [0.15, 0.2) is 18.2 Å². The van der Waals surface area contributed by atoms with E-state index in [1.54, 1.807) is 6.07 Å². The zero-order chi connectivity index (χ0) is 18.9. The van der Waals surface area contributed by atoms with E-state index in [2.05, 4.69) is 10.6 Å². The van der Waals surface area contributed by atoms with Crippen LogP contribution in [0.2, 0.25) is 0 Å². The second-order valence-electron chi connectivity index (χ2n) is 6.90. The summed E-state index contributed by atoms with van der Waals surface area (Å²) in [6, 6.07) is 5.49. The van der Waals surface area contributed by atoms with Gasteiger partial charge in [0.05, 0.1) is 5.56 Å². The molecule has 26 heavy (non-hydrogen) atoms. The van der Waals surface area contributed by atoms with Crippen LogP contribution in [-0.4, -0.2) is 45.7 Å². The molecule has 1 saturated carbocycles. The first kappa shape index (κ1) is 20.2. The lowest BCUT2D eigenvalue weighted by atomic mass is 10.1. The first-order chi connectivity index (χ1) is 12.5. The number of hydrogen-bond donors (Lipinski definition) is 2. The Bertz CT molecular complexity index is 610. The Hall–Kier alpha value is -2.08. The summed E-state index contributed by atoms with van der Waals surface area (Å²) in [7, 11) is 3.80. The van der Waals surface area contributed by atoms with E-state index in [-0.39, 0.29) is 17.7 Å². The molecule has 0 unspecified atom stereocenters. The van der Waals surface area contributed by atoms with Crippen LogP contribution in [0, 0.1) is 5.92 Å². The minimum atomic E-state index is -0.137. The van der Waals surface area contributed by atoms with Crippen molar-refractivity contribution in [1.82, 2.24) is 5.32 Å². The second-order valence-corrected chi connectivity index (χ2v) is 6.90. The van der Waals surface area contributed by atoms with Crippen molar-refractivity contribution in [2.75, 3.05) is 44.1 Å². The van der Waals surface area contributed by atoms with E-state index >= 15 is 0 Å². The Morgan fingerprint density at radius 2 is 1.96 bits per heavy atom. The number of amides is 2. The molecular formula is C20H31N3O3. The number of rotatable bonds is 9. The quantitative estimate of drug-likeness (QED) is 0.663. The second kappa shape index (κ2) is 10.2. The average Bonchev–Trinajstić information content (AvgIpc) is 3.16. The van der Waals surface area contributed by atoms with E-state index in [1.165, 1.54) is 0 Å². The highest BCUT2D eigenvalue weighted by Crippen LogP contribution is 2.27. The van der Waals surface area contributed by atoms with Gasteiger partial charge in [0.1, 0.15) is 0 Å². The Balaban J connectivity index is 2.04. The van der Waals surface area contributed by atoms with E-state index < -0.39 is 0 Å². The summed E-state index contributed by atoms with van der Waals surface area (Å²) in [6.07, 6.45) is 4.92. The number of hydrogen-bond acceptors (Lipinski definition) is 4. The van der Waals surface area contributed by atoms with Crippen molar-refractivity contribution in [3.63, 3.8) is 0 Å². The largest absolute Gasteiger partial charge is 0.382 e. The lowest BCUT2D eigenvalue weighted by Crippen LogP contribution is -2.28. The van der Waals surface area contributed by atoms with Crippen LogP contribution in [0.5, 0.6) is 0 Å². The summed E-state index contributed by atoms with van der Waals surface area (Å²) in [6.45, 7) is 3.83. The normalized spacial score (nSPS) is 14.3. The van der Waals surface area contributed by atoms with Crippen molar-refractivity contribution >= 4 is 23.2 Å². The zero-order valence-electron chi connectivity index (χ0n) is 16.1. The van der Waals surface area contributed by atoms with Gasteiger partial charge in [0.25, 0.3) is 5.91 Å². The van der Waals surface area contributed by atoms with Crippen LogP contribution < -0.4 is 15.5 Å². The molecule has 1 fully saturated rings. The molecule has 0 aromatic heterocycles. The molecule has 0 radical (unpaired) electrons. The standard InChI is InChI=1S/C20H31N3O3/c1-4-26-13-7-12-21-20(25)17-14-16(10-11-18(17)23(2)3)22-19(24)15-8-5-6-9-15/h10-11,14-15H,4-9,12-13H2,1-3H3,(H,21,25)(H,22,24). The van der Waals surface area contributed by atoms with Crippen molar-refractivity contribution in [3.8, 4) is 0 Å². The fourth-order valence-electron chi connectivity index (χ4n) is 3.23. The van der Waals surface area contributed by atoms with Crippen LogP contribution in [0.25, 0.3) is 0 Å². The van der Waals surface area contributed by atoms with Crippen LogP contribution in [0.3, 0.4) is 0 Å². The number of benzene rings is 1. The van der Waals surface area contributed by atoms with Crippen LogP contribution in [0.1, 0.15) is 49.4 Å². The maximum atomic E-state index is 12.6. The van der Waals surface area contributed by atoms with Gasteiger partial charge in [-0.2, -0.15) is 0 Å². The minimum Gasteiger partial charge on any atom is -0.382 e. The Labute approximate surface area is 156 Å². The SMILES string of the molecule is CCOCCCNC(=O)c1cc(NC(=O)C2CCCC2)ccc1N(C)C. The molecular weight excluding hydrogens is 330 g/mol. The van der Waals surface area contributed by atoms with E-state index in [0.717, 1.165) is 37.8 Å². The van der Waals surface area contributed by atoms with Gasteiger partial charge in [-0.1, -0.05) is 12.8 Å². The molecule has 1 aromatic rings. The molecule has 0 spiro atoms. The number of carbonyl (C=O) groups is 2. The zero-order valence-corrected chi connectivity index (χ0v) is 16.1. The number of nitrogens with one attached hydrogen (secondary N) is 2. The third-order valence-electron chi connectivity index (χ3n) is 4.67. The third kappa shape index (κ3) is 5.73. The van der Waals surface area contributed by atoms with Crippen molar-refractivity contribution in [3.05, 3.63) is 23.8 Å². The molecule has 2 N–H and O–H groups in total. The smallest absolute Gasteiger partial charge is 0.253 e. The van der Waals surface area contributed by atoms with E-state index in [0.29, 0.717) is 31.0 Å². The number of ether oxygens (including phenoxy) is 1. The van der Waals surface area contributed by atoms with Crippen LogP contribution in [-0.2, 0) is 9.53 Å². The van der Waals surface area contributed by atoms with E-state index in [1.807, 2.05) is 38.1 Å². The summed E-state index contributed by atoms with van der Waals surface area (Å²) in [5.41, 5.74) is 2.06. The van der Waals surface area contributed by atoms with Gasteiger partial charge < -0.3 is 20.3 Å². The predicted molar refractivity (Wildman–Crippen MR) is 105 cm³/mol. The first-order valence-electron chi connectivity index (χ1n) is 9.51. The Kier molecular flexibility index (Phi) is 7.91. The van der Waals surface area contributed by atoms with Gasteiger partial charge in [0.2, 0.25) is 5.91 Å². The average molecular weight is 361 g/mol. The molecule has 1 aliphatic carbocycles. The lowest BCUT2D eigenvalue weighted by molar-refractivity contribution is -0.119. The van der Waals surface area contributed by atoms with Crippen LogP contribution in [0.4, 0.5) is 11.4 Å². The van der Waals surface area contributed by atoms with Crippen molar-refractivity contribution in [2.24, 2.45) is 5.92 Å². The maximum absolute atomic E-state index is 12.6. The van der Waals surface area contributed by atoms with Gasteiger partial charge >= 0.3 is 0 Å². The van der Waals surface area contributed by atoms with Gasteiger partial charge in [-0.25, -0.2) is 0 Å². The monoisotopic (exact) mass is 361 g/mol. The van der Waals surface area contributed by atoms with Crippen LogP contribution >= 0.6 is 0 Å². The number of anilines is 2. The molecule has 6 nitrogen and oxygen atoms in total. The first-order valence-corrected chi connectivity index (χ1v) is 9.51. The summed E-state index contributed by atoms with van der Waals surface area (Å²) >= 11 is 0. The summed E-state index contributed by atoms with van der Waals surface area (Å²) in [5, 5.41) is 5.90. The Morgan fingerprint density at radius 3 is 2.62 bits per heavy atom. The molecule has 0 aliphatic heterocycles. The summed E-state index contributed by atoms with van der Waals surface area (Å²) < 4.78 is 5.29. The third-order valence-corrected chi connectivity index (χ3v) is 4.67. The number of carbonyl (C=O) groups excluding carboxylic acids is 2. The van der Waals surface area contributed by atoms with Gasteiger partial charge in [0.15, 0.2) is 0 Å². The summed E-state index contributed by atoms with van der Waals surface area (Å²) in [4.78, 5) is 26.9. The molecule has 0 atom stereocenters. The molecule has 144 valence electrons. The lowest BCUT2D eigenvalue weighted by Gasteiger charge is -2.19. The highest BCUT2D eigenvalue weighted by atomic mass is 16.5. The highest BCUT2D eigenvalue weighted by Gasteiger charge is 2.23. The number of nitrogens with zero attached hydrogens (tertiary/aromatic N) is 1. The summed E-state index contributed by atoms with van der Waals surface area (Å²) in [5.74, 6) is 0.0182.